The quantitative estimate of drug-likeness (QED) is 0.125. The van der Waals surface area contributed by atoms with Crippen LogP contribution < -0.4 is 0 Å². The van der Waals surface area contributed by atoms with Gasteiger partial charge in [0, 0.05) is 37.3 Å². The Labute approximate surface area is 309 Å². The molecule has 52 heavy (non-hydrogen) atoms. The first-order valence-electron chi connectivity index (χ1n) is 18.7. The van der Waals surface area contributed by atoms with Gasteiger partial charge in [-0.1, -0.05) is 32.9 Å². The maximum absolute atomic E-state index is 14.1. The van der Waals surface area contributed by atoms with Crippen LogP contribution in [0.3, 0.4) is 0 Å². The molecular weight excluding hydrogens is 680 g/mol. The van der Waals surface area contributed by atoms with Gasteiger partial charge < -0.3 is 64.1 Å². The Morgan fingerprint density at radius 1 is 0.923 bits per heavy atom. The smallest absolute Gasteiger partial charge is 0.311 e. The van der Waals surface area contributed by atoms with Crippen molar-refractivity contribution in [3.05, 3.63) is 0 Å². The number of oxime groups is 1. The molecule has 15 heteroatoms. The number of hydrogen-bond acceptors (Lipinski definition) is 15. The number of carbonyl (C=O) groups is 1. The van der Waals surface area contributed by atoms with Gasteiger partial charge in [0.25, 0.3) is 0 Å². The van der Waals surface area contributed by atoms with E-state index in [0.29, 0.717) is 6.42 Å². The largest absolute Gasteiger partial charge is 0.459 e. The molecule has 9 unspecified atom stereocenters. The zero-order valence-corrected chi connectivity index (χ0v) is 33.4. The number of nitrogens with zero attached hydrogens (tertiary/aromatic N) is 2. The minimum atomic E-state index is -1.97. The van der Waals surface area contributed by atoms with E-state index < -0.39 is 102 Å². The molecule has 15 nitrogen and oxygen atoms in total. The Balaban J connectivity index is 2.21. The van der Waals surface area contributed by atoms with Crippen LogP contribution in [0.4, 0.5) is 0 Å². The highest BCUT2D eigenvalue weighted by molar-refractivity contribution is 5.88. The number of cyclic esters (lactones) is 1. The van der Waals surface area contributed by atoms with Crippen molar-refractivity contribution < 1.29 is 64.0 Å². The molecule has 0 radical (unpaired) electrons. The van der Waals surface area contributed by atoms with Crippen molar-refractivity contribution in [2.45, 2.75) is 179 Å². The third-order valence-electron chi connectivity index (χ3n) is 12.0. The van der Waals surface area contributed by atoms with Crippen molar-refractivity contribution in [3.8, 4) is 0 Å². The number of aliphatic hydroxyl groups is 5. The van der Waals surface area contributed by atoms with Crippen molar-refractivity contribution in [1.82, 2.24) is 4.90 Å². The molecular formula is C37H68N2O13. The fraction of sp³-hybridized carbons (Fsp3) is 0.946. The lowest BCUT2D eigenvalue weighted by Crippen LogP contribution is -2.61. The van der Waals surface area contributed by atoms with Crippen molar-refractivity contribution in [2.75, 3.05) is 21.2 Å². The highest BCUT2D eigenvalue weighted by Gasteiger charge is 2.53. The third-order valence-corrected chi connectivity index (χ3v) is 12.0. The van der Waals surface area contributed by atoms with E-state index in [-0.39, 0.29) is 37.1 Å². The lowest BCUT2D eigenvalue weighted by atomic mass is 9.73. The first-order chi connectivity index (χ1) is 24.0. The molecule has 3 heterocycles. The molecule has 3 rings (SSSR count). The maximum atomic E-state index is 14.1. The van der Waals surface area contributed by atoms with E-state index in [0.717, 1.165) is 0 Å². The van der Waals surface area contributed by atoms with E-state index in [4.69, 9.17) is 28.4 Å². The van der Waals surface area contributed by atoms with Crippen molar-refractivity contribution >= 4 is 11.7 Å². The second-order valence-electron chi connectivity index (χ2n) is 16.6. The summed E-state index contributed by atoms with van der Waals surface area (Å²) in [5, 5.41) is 71.8. The zero-order chi connectivity index (χ0) is 39.7. The van der Waals surface area contributed by atoms with Crippen LogP contribution in [0.2, 0.25) is 0 Å². The van der Waals surface area contributed by atoms with Gasteiger partial charge in [-0.3, -0.25) is 4.79 Å². The Morgan fingerprint density at radius 3 is 2.08 bits per heavy atom. The predicted molar refractivity (Wildman–Crippen MR) is 190 cm³/mol. The van der Waals surface area contributed by atoms with Crippen LogP contribution in [0.1, 0.15) is 94.9 Å². The van der Waals surface area contributed by atoms with Gasteiger partial charge in [-0.2, -0.15) is 0 Å². The molecule has 0 aliphatic carbocycles. The van der Waals surface area contributed by atoms with Crippen LogP contribution >= 0.6 is 0 Å². The minimum absolute atomic E-state index is 0.0657. The number of aliphatic hydroxyl groups excluding tert-OH is 3. The van der Waals surface area contributed by atoms with E-state index in [2.05, 4.69) is 5.16 Å². The van der Waals surface area contributed by atoms with Gasteiger partial charge >= 0.3 is 5.97 Å². The molecule has 3 aliphatic heterocycles. The number of carbonyl (C=O) groups excluding carboxylic acids is 1. The number of methoxy groups -OCH3 is 1. The van der Waals surface area contributed by atoms with Gasteiger partial charge in [-0.25, -0.2) is 0 Å². The summed E-state index contributed by atoms with van der Waals surface area (Å²) in [5.74, 6) is -4.24. The van der Waals surface area contributed by atoms with Gasteiger partial charge in [0.15, 0.2) is 12.6 Å². The maximum Gasteiger partial charge on any atom is 0.311 e. The summed E-state index contributed by atoms with van der Waals surface area (Å²) in [6, 6.07) is -0.322. The minimum Gasteiger partial charge on any atom is -0.459 e. The molecule has 3 aliphatic rings. The zero-order valence-electron chi connectivity index (χ0n) is 33.4. The van der Waals surface area contributed by atoms with Gasteiger partial charge in [-0.15, -0.1) is 0 Å². The first-order valence-corrected chi connectivity index (χ1v) is 18.7. The van der Waals surface area contributed by atoms with Crippen LogP contribution in [-0.2, 0) is 33.2 Å². The molecule has 0 saturated carbocycles. The number of likely N-dealkylation sites (N-methyl/N-ethyl adjacent to an activating group) is 1. The molecule has 0 aromatic rings. The molecule has 304 valence electrons. The third kappa shape index (κ3) is 9.47. The van der Waals surface area contributed by atoms with Crippen LogP contribution in [-0.4, -0.2) is 153 Å². The topological polar surface area (TPSA) is 209 Å². The van der Waals surface area contributed by atoms with E-state index in [1.165, 1.54) is 14.0 Å². The Bertz CT molecular complexity index is 1200. The number of rotatable bonds is 7. The number of ether oxygens (including phenoxy) is 6. The Hall–Kier alpha value is -1.50. The highest BCUT2D eigenvalue weighted by atomic mass is 16.7. The summed E-state index contributed by atoms with van der Waals surface area (Å²) < 4.78 is 37.2. The summed E-state index contributed by atoms with van der Waals surface area (Å²) in [7, 11) is 5.19. The van der Waals surface area contributed by atoms with Crippen molar-refractivity contribution in [3.63, 3.8) is 0 Å². The lowest BCUT2D eigenvalue weighted by Gasteiger charge is -2.49. The van der Waals surface area contributed by atoms with E-state index in [9.17, 15) is 35.5 Å². The predicted octanol–water partition coefficient (Wildman–Crippen LogP) is 2.05. The summed E-state index contributed by atoms with van der Waals surface area (Å²) >= 11 is 0. The highest BCUT2D eigenvalue weighted by Crippen LogP contribution is 2.41. The standard InChI is InChI=1S/C37H68N2O13/c1-14-25-37(10,45)30(41)20(4)27(38-46)18(2)16-35(8,44)32(52-34-28(40)24(39(11)12)15-19(3)48-34)21(5)29(22(6)33(43)50-25)51-26-17-36(9,47-13)31(42)23(7)49-26/h18-26,28-32,34,40-42,44-46H,14-17H2,1-13H3/b38-27-/t18-,19?,20+,21+,22?,23?,24?,25-,26?,28?,29+,30-,31?,32-,34?,35-,36?,37-/m1/s1. The molecule has 6 N–H and O–H groups in total. The van der Waals surface area contributed by atoms with Crippen molar-refractivity contribution in [1.29, 1.82) is 0 Å². The second kappa shape index (κ2) is 17.5. The van der Waals surface area contributed by atoms with Crippen LogP contribution in [0.5, 0.6) is 0 Å². The van der Waals surface area contributed by atoms with E-state index in [1.54, 1.807) is 55.4 Å². The average Bonchev–Trinajstić information content (AvgIpc) is 3.06. The molecule has 0 amide bonds. The lowest BCUT2D eigenvalue weighted by molar-refractivity contribution is -0.317. The fourth-order valence-electron chi connectivity index (χ4n) is 8.61. The first kappa shape index (κ1) is 44.9. The molecule has 18 atom stereocenters. The molecule has 0 aromatic heterocycles. The molecule has 0 aromatic carbocycles. The van der Waals surface area contributed by atoms with Crippen LogP contribution in [0.25, 0.3) is 0 Å². The van der Waals surface area contributed by atoms with Gasteiger partial charge in [0.05, 0.1) is 53.4 Å². The van der Waals surface area contributed by atoms with Gasteiger partial charge in [0.2, 0.25) is 0 Å². The van der Waals surface area contributed by atoms with Crippen molar-refractivity contribution in [2.24, 2.45) is 28.8 Å². The fourth-order valence-corrected chi connectivity index (χ4v) is 8.61. The molecule has 3 saturated heterocycles. The summed E-state index contributed by atoms with van der Waals surface area (Å²) in [5.41, 5.74) is -4.68. The van der Waals surface area contributed by atoms with Gasteiger partial charge in [-0.05, 0) is 74.9 Å². The number of hydrogen-bond donors (Lipinski definition) is 6. The Morgan fingerprint density at radius 2 is 1.54 bits per heavy atom. The SMILES string of the molecule is CC[C@H]1OC(=O)C(C)[C@@H](OC2CC(C)(OC)C(O)C(C)O2)[C@H](C)[C@@H](OC2OC(C)CC(N(C)C)C2O)[C@](C)(O)C[C@@H](C)/C(=N/O)[C@H](C)[C@@H](O)[C@]1(C)O. The average molecular weight is 749 g/mol. The van der Waals surface area contributed by atoms with E-state index in [1.807, 2.05) is 25.9 Å². The number of esters is 1. The second-order valence-corrected chi connectivity index (χ2v) is 16.6. The normalized spacial score (nSPS) is 49.8. The van der Waals surface area contributed by atoms with Crippen LogP contribution in [0, 0.1) is 23.7 Å². The summed E-state index contributed by atoms with van der Waals surface area (Å²) in [4.78, 5) is 16.0. The molecule has 3 fully saturated rings. The summed E-state index contributed by atoms with van der Waals surface area (Å²) in [6.45, 7) is 16.6. The van der Waals surface area contributed by atoms with E-state index >= 15 is 0 Å². The molecule has 0 spiro atoms. The van der Waals surface area contributed by atoms with Gasteiger partial charge in [0.1, 0.15) is 23.9 Å². The molecule has 0 bridgehead atoms. The summed E-state index contributed by atoms with van der Waals surface area (Å²) in [6.07, 6.45) is -9.51. The Kier molecular flexibility index (Phi) is 15.1. The monoisotopic (exact) mass is 748 g/mol. The van der Waals surface area contributed by atoms with Crippen LogP contribution in [0.15, 0.2) is 5.16 Å².